The number of anilines is 1. The molecular weight excluding hydrogens is 292 g/mol. The predicted molar refractivity (Wildman–Crippen MR) is 89.2 cm³/mol. The number of hydrogen-bond donors (Lipinski definition) is 4. The molecule has 1 aliphatic heterocycles. The van der Waals surface area contributed by atoms with Crippen LogP contribution in [0.3, 0.4) is 0 Å². The maximum absolute atomic E-state index is 12.1. The van der Waals surface area contributed by atoms with E-state index in [1.807, 2.05) is 31.2 Å². The number of nitrogens with one attached hydrogen (secondary N) is 4. The molecule has 6 nitrogen and oxygen atoms in total. The van der Waals surface area contributed by atoms with Gasteiger partial charge >= 0.3 is 6.03 Å². The number of rotatable bonds is 5. The molecule has 1 saturated heterocycles. The third-order valence-electron chi connectivity index (χ3n) is 4.32. The molecule has 2 aliphatic rings. The highest BCUT2D eigenvalue weighted by Crippen LogP contribution is 2.20. The van der Waals surface area contributed by atoms with Crippen LogP contribution in [0.1, 0.15) is 44.2 Å². The SMILES string of the molecule is CC(NC(=O)C1CCCN1)c1ccc(NC(=O)NC2CC2)cc1. The van der Waals surface area contributed by atoms with Crippen LogP contribution in [0.2, 0.25) is 0 Å². The minimum Gasteiger partial charge on any atom is -0.348 e. The van der Waals surface area contributed by atoms with Gasteiger partial charge in [-0.15, -0.1) is 0 Å². The van der Waals surface area contributed by atoms with Gasteiger partial charge in [0.2, 0.25) is 5.91 Å². The highest BCUT2D eigenvalue weighted by molar-refractivity contribution is 5.89. The zero-order chi connectivity index (χ0) is 16.2. The Morgan fingerprint density at radius 3 is 2.52 bits per heavy atom. The third kappa shape index (κ3) is 4.45. The Labute approximate surface area is 136 Å². The maximum atomic E-state index is 12.1. The van der Waals surface area contributed by atoms with Crippen LogP contribution in [0.15, 0.2) is 24.3 Å². The molecule has 23 heavy (non-hydrogen) atoms. The van der Waals surface area contributed by atoms with E-state index >= 15 is 0 Å². The molecule has 0 bridgehead atoms. The summed E-state index contributed by atoms with van der Waals surface area (Å²) in [6.45, 7) is 2.88. The number of carbonyl (C=O) groups excluding carboxylic acids is 2. The molecule has 1 heterocycles. The Morgan fingerprint density at radius 1 is 1.17 bits per heavy atom. The van der Waals surface area contributed by atoms with Gasteiger partial charge in [-0.2, -0.15) is 0 Å². The summed E-state index contributed by atoms with van der Waals surface area (Å²) in [6.07, 6.45) is 4.09. The fourth-order valence-corrected chi connectivity index (χ4v) is 2.74. The second kappa shape index (κ2) is 7.00. The van der Waals surface area contributed by atoms with Gasteiger partial charge < -0.3 is 21.3 Å². The minimum atomic E-state index is -0.158. The van der Waals surface area contributed by atoms with Crippen molar-refractivity contribution < 1.29 is 9.59 Å². The zero-order valence-electron chi connectivity index (χ0n) is 13.4. The van der Waals surface area contributed by atoms with E-state index in [1.165, 1.54) is 0 Å². The van der Waals surface area contributed by atoms with E-state index in [4.69, 9.17) is 0 Å². The summed E-state index contributed by atoms with van der Waals surface area (Å²) in [5.41, 5.74) is 1.77. The number of benzene rings is 1. The summed E-state index contributed by atoms with van der Waals surface area (Å²) in [6, 6.07) is 7.64. The lowest BCUT2D eigenvalue weighted by atomic mass is 10.1. The summed E-state index contributed by atoms with van der Waals surface area (Å²) in [4.78, 5) is 23.8. The van der Waals surface area contributed by atoms with Crippen LogP contribution >= 0.6 is 0 Å². The lowest BCUT2D eigenvalue weighted by Crippen LogP contribution is -2.41. The molecule has 4 N–H and O–H groups in total. The van der Waals surface area contributed by atoms with Gasteiger partial charge in [-0.05, 0) is 56.8 Å². The molecule has 2 atom stereocenters. The fraction of sp³-hybridized carbons (Fsp3) is 0.529. The quantitative estimate of drug-likeness (QED) is 0.669. The van der Waals surface area contributed by atoms with Crippen LogP contribution in [0.4, 0.5) is 10.5 Å². The monoisotopic (exact) mass is 316 g/mol. The Kier molecular flexibility index (Phi) is 4.81. The van der Waals surface area contributed by atoms with Crippen LogP contribution in [0.25, 0.3) is 0 Å². The van der Waals surface area contributed by atoms with E-state index in [-0.39, 0.29) is 24.0 Å². The van der Waals surface area contributed by atoms with Crippen LogP contribution in [0.5, 0.6) is 0 Å². The van der Waals surface area contributed by atoms with E-state index in [0.29, 0.717) is 6.04 Å². The molecule has 1 saturated carbocycles. The van der Waals surface area contributed by atoms with Crippen molar-refractivity contribution in [1.29, 1.82) is 0 Å². The first kappa shape index (κ1) is 15.8. The highest BCUT2D eigenvalue weighted by Gasteiger charge is 2.24. The van der Waals surface area contributed by atoms with E-state index < -0.39 is 0 Å². The molecule has 1 aliphatic carbocycles. The summed E-state index contributed by atoms with van der Waals surface area (Å²) >= 11 is 0. The van der Waals surface area contributed by atoms with E-state index in [9.17, 15) is 9.59 Å². The molecule has 3 rings (SSSR count). The molecule has 2 fully saturated rings. The van der Waals surface area contributed by atoms with E-state index in [1.54, 1.807) is 0 Å². The Hall–Kier alpha value is -2.08. The molecule has 0 spiro atoms. The third-order valence-corrected chi connectivity index (χ3v) is 4.32. The summed E-state index contributed by atoms with van der Waals surface area (Å²) in [5.74, 6) is 0.0565. The summed E-state index contributed by atoms with van der Waals surface area (Å²) < 4.78 is 0. The van der Waals surface area contributed by atoms with Gasteiger partial charge in [0.25, 0.3) is 0 Å². The Bertz CT molecular complexity index is 562. The second-order valence-electron chi connectivity index (χ2n) is 6.37. The first-order valence-corrected chi connectivity index (χ1v) is 8.33. The second-order valence-corrected chi connectivity index (χ2v) is 6.37. The van der Waals surface area contributed by atoms with Crippen molar-refractivity contribution in [3.8, 4) is 0 Å². The van der Waals surface area contributed by atoms with Gasteiger partial charge in [-0.1, -0.05) is 12.1 Å². The summed E-state index contributed by atoms with van der Waals surface area (Å²) in [5, 5.41) is 11.9. The first-order valence-electron chi connectivity index (χ1n) is 8.33. The predicted octanol–water partition coefficient (Wildman–Crippen LogP) is 1.90. The van der Waals surface area contributed by atoms with Gasteiger partial charge in [-0.25, -0.2) is 4.79 Å². The highest BCUT2D eigenvalue weighted by atomic mass is 16.2. The fourth-order valence-electron chi connectivity index (χ4n) is 2.74. The van der Waals surface area contributed by atoms with Gasteiger partial charge in [0.05, 0.1) is 12.1 Å². The maximum Gasteiger partial charge on any atom is 0.319 e. The molecular formula is C17H24N4O2. The van der Waals surface area contributed by atoms with Crippen molar-refractivity contribution in [3.05, 3.63) is 29.8 Å². The van der Waals surface area contributed by atoms with Crippen LogP contribution in [-0.2, 0) is 4.79 Å². The molecule has 1 aromatic carbocycles. The number of amides is 3. The topological polar surface area (TPSA) is 82.3 Å². The van der Waals surface area contributed by atoms with Crippen molar-refractivity contribution in [2.24, 2.45) is 0 Å². The lowest BCUT2D eigenvalue weighted by molar-refractivity contribution is -0.123. The normalized spacial score (nSPS) is 21.5. The van der Waals surface area contributed by atoms with Gasteiger partial charge in [0, 0.05) is 11.7 Å². The molecule has 6 heteroatoms. The average Bonchev–Trinajstić information content (AvgIpc) is 3.17. The minimum absolute atomic E-state index is 0.0563. The van der Waals surface area contributed by atoms with E-state index in [2.05, 4.69) is 21.3 Å². The van der Waals surface area contributed by atoms with Gasteiger partial charge in [0.1, 0.15) is 0 Å². The standard InChI is InChI=1S/C17H24N4O2/c1-11(19-16(22)15-3-2-10-18-15)12-4-6-13(7-5-12)20-17(23)21-14-8-9-14/h4-7,11,14-15,18H,2-3,8-10H2,1H3,(H,19,22)(H2,20,21,23). The number of hydrogen-bond acceptors (Lipinski definition) is 3. The Morgan fingerprint density at radius 2 is 1.91 bits per heavy atom. The van der Waals surface area contributed by atoms with Crippen LogP contribution in [-0.4, -0.2) is 30.6 Å². The van der Waals surface area contributed by atoms with Crippen LogP contribution < -0.4 is 21.3 Å². The van der Waals surface area contributed by atoms with E-state index in [0.717, 1.165) is 43.5 Å². The molecule has 0 aromatic heterocycles. The number of urea groups is 1. The lowest BCUT2D eigenvalue weighted by Gasteiger charge is -2.18. The summed E-state index contributed by atoms with van der Waals surface area (Å²) in [7, 11) is 0. The van der Waals surface area contributed by atoms with Gasteiger partial charge in [-0.3, -0.25) is 4.79 Å². The molecule has 1 aromatic rings. The van der Waals surface area contributed by atoms with Crippen molar-refractivity contribution in [2.75, 3.05) is 11.9 Å². The van der Waals surface area contributed by atoms with Crippen molar-refractivity contribution in [3.63, 3.8) is 0 Å². The molecule has 2 unspecified atom stereocenters. The largest absolute Gasteiger partial charge is 0.348 e. The average molecular weight is 316 g/mol. The van der Waals surface area contributed by atoms with Crippen molar-refractivity contribution >= 4 is 17.6 Å². The van der Waals surface area contributed by atoms with Crippen molar-refractivity contribution in [1.82, 2.24) is 16.0 Å². The smallest absolute Gasteiger partial charge is 0.319 e. The molecule has 0 radical (unpaired) electrons. The molecule has 124 valence electrons. The number of carbonyl (C=O) groups is 2. The zero-order valence-corrected chi connectivity index (χ0v) is 13.4. The van der Waals surface area contributed by atoms with Crippen LogP contribution in [0, 0.1) is 0 Å². The van der Waals surface area contributed by atoms with Gasteiger partial charge in [0.15, 0.2) is 0 Å². The Balaban J connectivity index is 1.51. The van der Waals surface area contributed by atoms with Crippen molar-refractivity contribution in [2.45, 2.75) is 50.7 Å². The molecule has 3 amide bonds. The first-order chi connectivity index (χ1) is 11.1.